The Balaban J connectivity index is 1.60. The number of allylic oxidation sites excluding steroid dienone is 1. The lowest BCUT2D eigenvalue weighted by atomic mass is 9.95. The SMILES string of the molecule is C=CCn1c(SCC(=O)NC2CCCCC2)nnc1[C@H](C)NC(=O)c1cccs1. The van der Waals surface area contributed by atoms with Gasteiger partial charge >= 0.3 is 0 Å². The molecule has 9 heteroatoms. The second-order valence-electron chi connectivity index (χ2n) is 7.10. The van der Waals surface area contributed by atoms with Gasteiger partial charge in [-0.3, -0.25) is 9.59 Å². The van der Waals surface area contributed by atoms with Crippen LogP contribution in [0.3, 0.4) is 0 Å². The molecule has 0 spiro atoms. The maximum Gasteiger partial charge on any atom is 0.261 e. The Morgan fingerprint density at radius 2 is 2.17 bits per heavy atom. The fourth-order valence-electron chi connectivity index (χ4n) is 3.41. The summed E-state index contributed by atoms with van der Waals surface area (Å²) in [5, 5.41) is 17.1. The number of amides is 2. The van der Waals surface area contributed by atoms with Crippen molar-refractivity contribution in [1.29, 1.82) is 0 Å². The standard InChI is InChI=1S/C20H27N5O2S2/c1-3-11-25-18(14(2)21-19(27)16-10-7-12-28-16)23-24-20(25)29-13-17(26)22-15-8-5-4-6-9-15/h3,7,10,12,14-15H,1,4-6,8-9,11,13H2,2H3,(H,21,27)(H,22,26)/t14-/m0/s1. The number of nitrogens with one attached hydrogen (secondary N) is 2. The number of thioether (sulfide) groups is 1. The number of carbonyl (C=O) groups excluding carboxylic acids is 2. The lowest BCUT2D eigenvalue weighted by molar-refractivity contribution is -0.119. The van der Waals surface area contributed by atoms with Crippen molar-refractivity contribution in [1.82, 2.24) is 25.4 Å². The molecule has 0 radical (unpaired) electrons. The van der Waals surface area contributed by atoms with Crippen LogP contribution < -0.4 is 10.6 Å². The highest BCUT2D eigenvalue weighted by Gasteiger charge is 2.21. The number of aromatic nitrogens is 3. The van der Waals surface area contributed by atoms with Gasteiger partial charge in [-0.2, -0.15) is 0 Å². The van der Waals surface area contributed by atoms with Gasteiger partial charge in [0.2, 0.25) is 5.91 Å². The van der Waals surface area contributed by atoms with Crippen molar-refractivity contribution >= 4 is 34.9 Å². The van der Waals surface area contributed by atoms with E-state index in [0.29, 0.717) is 34.2 Å². The zero-order valence-electron chi connectivity index (χ0n) is 16.6. The van der Waals surface area contributed by atoms with E-state index < -0.39 is 0 Å². The first-order valence-corrected chi connectivity index (χ1v) is 11.8. The third-order valence-corrected chi connectivity index (χ3v) is 6.68. The summed E-state index contributed by atoms with van der Waals surface area (Å²) in [5.41, 5.74) is 0. The molecule has 1 aliphatic carbocycles. The van der Waals surface area contributed by atoms with Crippen LogP contribution in [0, 0.1) is 0 Å². The van der Waals surface area contributed by atoms with E-state index in [2.05, 4.69) is 27.4 Å². The first-order chi connectivity index (χ1) is 14.1. The minimum absolute atomic E-state index is 0.0237. The van der Waals surface area contributed by atoms with Gasteiger partial charge in [0.05, 0.1) is 16.7 Å². The molecule has 0 unspecified atom stereocenters. The fourth-order valence-corrected chi connectivity index (χ4v) is 4.81. The lowest BCUT2D eigenvalue weighted by Gasteiger charge is -2.22. The molecule has 2 aromatic rings. The predicted octanol–water partition coefficient (Wildman–Crippen LogP) is 3.56. The average molecular weight is 434 g/mol. The van der Waals surface area contributed by atoms with E-state index >= 15 is 0 Å². The number of hydrogen-bond donors (Lipinski definition) is 2. The summed E-state index contributed by atoms with van der Waals surface area (Å²) in [6.45, 7) is 6.18. The fraction of sp³-hybridized carbons (Fsp3) is 0.500. The zero-order chi connectivity index (χ0) is 20.6. The number of thiophene rings is 1. The molecule has 7 nitrogen and oxygen atoms in total. The molecule has 1 saturated carbocycles. The predicted molar refractivity (Wildman–Crippen MR) is 116 cm³/mol. The number of hydrogen-bond acceptors (Lipinski definition) is 6. The Hall–Kier alpha value is -2.13. The zero-order valence-corrected chi connectivity index (χ0v) is 18.2. The largest absolute Gasteiger partial charge is 0.353 e. The van der Waals surface area contributed by atoms with Gasteiger partial charge in [-0.25, -0.2) is 0 Å². The van der Waals surface area contributed by atoms with E-state index in [1.807, 2.05) is 22.9 Å². The highest BCUT2D eigenvalue weighted by molar-refractivity contribution is 7.99. The van der Waals surface area contributed by atoms with E-state index in [0.717, 1.165) is 12.8 Å². The number of nitrogens with zero attached hydrogens (tertiary/aromatic N) is 3. The number of carbonyl (C=O) groups is 2. The summed E-state index contributed by atoms with van der Waals surface area (Å²) in [6, 6.07) is 3.61. The van der Waals surface area contributed by atoms with Crippen molar-refractivity contribution in [3.8, 4) is 0 Å². The molecule has 3 rings (SSSR count). The maximum absolute atomic E-state index is 12.3. The van der Waals surface area contributed by atoms with Crippen LogP contribution >= 0.6 is 23.1 Å². The average Bonchev–Trinajstić information content (AvgIpc) is 3.38. The minimum Gasteiger partial charge on any atom is -0.353 e. The third kappa shape index (κ3) is 5.93. The van der Waals surface area contributed by atoms with Gasteiger partial charge in [0.1, 0.15) is 0 Å². The Morgan fingerprint density at radius 1 is 1.38 bits per heavy atom. The van der Waals surface area contributed by atoms with Crippen molar-refractivity contribution in [2.24, 2.45) is 0 Å². The van der Waals surface area contributed by atoms with Gasteiger partial charge < -0.3 is 15.2 Å². The molecule has 2 heterocycles. The molecule has 2 N–H and O–H groups in total. The van der Waals surface area contributed by atoms with E-state index in [4.69, 9.17) is 0 Å². The Bertz CT molecular complexity index is 828. The first kappa shape index (κ1) is 21.6. The van der Waals surface area contributed by atoms with Crippen LogP contribution in [0.2, 0.25) is 0 Å². The van der Waals surface area contributed by atoms with E-state index in [-0.39, 0.29) is 17.9 Å². The van der Waals surface area contributed by atoms with Gasteiger partial charge in [0, 0.05) is 12.6 Å². The van der Waals surface area contributed by atoms with E-state index in [9.17, 15) is 9.59 Å². The lowest BCUT2D eigenvalue weighted by Crippen LogP contribution is -2.37. The van der Waals surface area contributed by atoms with Gasteiger partial charge in [-0.15, -0.1) is 28.1 Å². The van der Waals surface area contributed by atoms with Crippen LogP contribution in [0.4, 0.5) is 0 Å². The normalized spacial score (nSPS) is 15.6. The smallest absolute Gasteiger partial charge is 0.261 e. The van der Waals surface area contributed by atoms with Crippen molar-refractivity contribution < 1.29 is 9.59 Å². The third-order valence-electron chi connectivity index (χ3n) is 4.84. The minimum atomic E-state index is -0.317. The Labute approximate surface area is 179 Å². The summed E-state index contributed by atoms with van der Waals surface area (Å²) in [7, 11) is 0. The second-order valence-corrected chi connectivity index (χ2v) is 8.99. The summed E-state index contributed by atoms with van der Waals surface area (Å²) in [5.74, 6) is 0.823. The molecule has 1 fully saturated rings. The molecule has 1 aliphatic rings. The maximum atomic E-state index is 12.3. The molecule has 1 atom stereocenters. The van der Waals surface area contributed by atoms with Crippen LogP contribution in [-0.2, 0) is 11.3 Å². The van der Waals surface area contributed by atoms with Crippen molar-refractivity contribution in [3.05, 3.63) is 40.9 Å². The Morgan fingerprint density at radius 3 is 2.86 bits per heavy atom. The molecular formula is C20H27N5O2S2. The summed E-state index contributed by atoms with van der Waals surface area (Å²) < 4.78 is 1.89. The van der Waals surface area contributed by atoms with Crippen molar-refractivity contribution in [2.45, 2.75) is 62.8 Å². The summed E-state index contributed by atoms with van der Waals surface area (Å²) in [4.78, 5) is 25.3. The van der Waals surface area contributed by atoms with Crippen LogP contribution in [0.15, 0.2) is 35.3 Å². The van der Waals surface area contributed by atoms with Crippen LogP contribution in [0.25, 0.3) is 0 Å². The highest BCUT2D eigenvalue weighted by atomic mass is 32.2. The molecule has 2 aromatic heterocycles. The molecule has 29 heavy (non-hydrogen) atoms. The quantitative estimate of drug-likeness (QED) is 0.466. The van der Waals surface area contributed by atoms with E-state index in [1.54, 1.807) is 12.1 Å². The highest BCUT2D eigenvalue weighted by Crippen LogP contribution is 2.22. The molecule has 0 bridgehead atoms. The van der Waals surface area contributed by atoms with Crippen LogP contribution in [0.5, 0.6) is 0 Å². The summed E-state index contributed by atoms with van der Waals surface area (Å²) >= 11 is 2.75. The molecular weight excluding hydrogens is 406 g/mol. The van der Waals surface area contributed by atoms with Crippen molar-refractivity contribution in [3.63, 3.8) is 0 Å². The second kappa shape index (κ2) is 10.6. The van der Waals surface area contributed by atoms with Gasteiger partial charge in [-0.05, 0) is 31.2 Å². The van der Waals surface area contributed by atoms with Crippen LogP contribution in [0.1, 0.15) is 60.6 Å². The van der Waals surface area contributed by atoms with E-state index in [1.165, 1.54) is 42.4 Å². The number of rotatable bonds is 9. The molecule has 156 valence electrons. The first-order valence-electron chi connectivity index (χ1n) is 9.89. The van der Waals surface area contributed by atoms with Gasteiger partial charge in [0.15, 0.2) is 11.0 Å². The monoisotopic (exact) mass is 433 g/mol. The van der Waals surface area contributed by atoms with Gasteiger partial charge in [0.25, 0.3) is 5.91 Å². The topological polar surface area (TPSA) is 88.9 Å². The van der Waals surface area contributed by atoms with Crippen LogP contribution in [-0.4, -0.2) is 38.4 Å². The Kier molecular flexibility index (Phi) is 7.88. The van der Waals surface area contributed by atoms with Gasteiger partial charge in [-0.1, -0.05) is 43.2 Å². The van der Waals surface area contributed by atoms with Crippen molar-refractivity contribution in [2.75, 3.05) is 5.75 Å². The summed E-state index contributed by atoms with van der Waals surface area (Å²) in [6.07, 6.45) is 7.51. The molecule has 0 aromatic carbocycles. The molecule has 0 saturated heterocycles. The molecule has 0 aliphatic heterocycles. The molecule has 2 amide bonds.